The van der Waals surface area contributed by atoms with Crippen LogP contribution < -0.4 is 5.45 Å². The number of aromatic nitrogens is 4. The summed E-state index contributed by atoms with van der Waals surface area (Å²) >= 11 is 6.77. The molecular formula is C41H49ClN4O4Si. The molecule has 268 valence electrons. The van der Waals surface area contributed by atoms with Crippen LogP contribution in [0.1, 0.15) is 78.3 Å². The van der Waals surface area contributed by atoms with Crippen molar-refractivity contribution in [3.05, 3.63) is 119 Å². The minimum absolute atomic E-state index is 0.231. The highest BCUT2D eigenvalue weighted by molar-refractivity contribution is 6.94. The van der Waals surface area contributed by atoms with Gasteiger partial charge in [-0.15, -0.1) is 0 Å². The van der Waals surface area contributed by atoms with E-state index in [1.54, 1.807) is 0 Å². The summed E-state index contributed by atoms with van der Waals surface area (Å²) in [6.45, 7) is 18.1. The summed E-state index contributed by atoms with van der Waals surface area (Å²) in [4.78, 5) is 14.5. The van der Waals surface area contributed by atoms with Gasteiger partial charge in [-0.2, -0.15) is 0 Å². The summed E-state index contributed by atoms with van der Waals surface area (Å²) in [5.74, 6) is -0.836. The van der Waals surface area contributed by atoms with Crippen molar-refractivity contribution in [1.82, 2.24) is 19.5 Å². The Bertz CT molecular complexity index is 1840. The Labute approximate surface area is 307 Å². The molecule has 0 saturated carbocycles. The van der Waals surface area contributed by atoms with Crippen molar-refractivity contribution in [3.63, 3.8) is 0 Å². The van der Waals surface area contributed by atoms with E-state index in [1.165, 1.54) is 6.33 Å². The fourth-order valence-electron chi connectivity index (χ4n) is 9.18. The van der Waals surface area contributed by atoms with Crippen LogP contribution >= 0.6 is 11.6 Å². The first-order chi connectivity index (χ1) is 24.4. The van der Waals surface area contributed by atoms with Gasteiger partial charge in [0.2, 0.25) is 0 Å². The van der Waals surface area contributed by atoms with Crippen molar-refractivity contribution < 1.29 is 18.9 Å². The van der Waals surface area contributed by atoms with E-state index in [-0.39, 0.29) is 6.61 Å². The van der Waals surface area contributed by atoms with Crippen LogP contribution in [0.4, 0.5) is 0 Å². The second-order valence-corrected chi connectivity index (χ2v) is 21.4. The Balaban J connectivity index is 1.37. The van der Waals surface area contributed by atoms with E-state index in [1.807, 2.05) is 32.0 Å². The molecular weight excluding hydrogens is 676 g/mol. The van der Waals surface area contributed by atoms with Gasteiger partial charge in [0, 0.05) is 0 Å². The molecule has 0 spiro atoms. The summed E-state index contributed by atoms with van der Waals surface area (Å²) in [5.41, 5.74) is 5.50. The largest absolute Gasteiger partial charge is 0.358 e. The first-order valence-electron chi connectivity index (χ1n) is 18.1. The van der Waals surface area contributed by atoms with Gasteiger partial charge in [0.25, 0.3) is 0 Å². The molecule has 0 unspecified atom stereocenters. The molecule has 4 atom stereocenters. The lowest BCUT2D eigenvalue weighted by Crippen LogP contribution is -2.60. The third-order valence-corrected chi connectivity index (χ3v) is 18.2. The van der Waals surface area contributed by atoms with Gasteiger partial charge >= 0.3 is 0 Å². The maximum Gasteiger partial charge on any atom is 0.166 e. The summed E-state index contributed by atoms with van der Waals surface area (Å²) in [6, 6.07) is 31.2. The van der Waals surface area contributed by atoms with Crippen molar-refractivity contribution in [2.75, 3.05) is 6.61 Å². The summed E-state index contributed by atoms with van der Waals surface area (Å²) in [7, 11) is -2.39. The first kappa shape index (κ1) is 35.9. The van der Waals surface area contributed by atoms with Crippen LogP contribution in [0.5, 0.6) is 0 Å². The number of hydrogen-bond acceptors (Lipinski definition) is 7. The minimum atomic E-state index is -2.39. The Kier molecular flexibility index (Phi) is 9.75. The Morgan fingerprint density at radius 3 is 1.75 bits per heavy atom. The van der Waals surface area contributed by atoms with E-state index >= 15 is 0 Å². The van der Waals surface area contributed by atoms with E-state index in [9.17, 15) is 0 Å². The quantitative estimate of drug-likeness (QED) is 0.0766. The monoisotopic (exact) mass is 724 g/mol. The van der Waals surface area contributed by atoms with Crippen molar-refractivity contribution in [2.24, 2.45) is 0 Å². The number of rotatable bonds is 11. The zero-order valence-corrected chi connectivity index (χ0v) is 32.5. The Morgan fingerprint density at radius 1 is 0.765 bits per heavy atom. The average Bonchev–Trinajstić information content (AvgIpc) is 3.75. The van der Waals surface area contributed by atoms with Crippen molar-refractivity contribution in [2.45, 2.75) is 108 Å². The lowest BCUT2D eigenvalue weighted by Gasteiger charge is -2.43. The molecule has 10 heteroatoms. The highest BCUT2D eigenvalue weighted by atomic mass is 35.5. The summed E-state index contributed by atoms with van der Waals surface area (Å²) in [5, 5.41) is 0.330. The lowest BCUT2D eigenvalue weighted by atomic mass is 9.80. The maximum atomic E-state index is 7.31. The van der Waals surface area contributed by atoms with Crippen LogP contribution in [-0.2, 0) is 24.5 Å². The van der Waals surface area contributed by atoms with Gasteiger partial charge in [-0.3, -0.25) is 4.57 Å². The van der Waals surface area contributed by atoms with Gasteiger partial charge in [0.15, 0.2) is 22.8 Å². The first-order valence-corrected chi connectivity index (χ1v) is 20.7. The molecule has 0 amide bonds. The topological polar surface area (TPSA) is 80.5 Å². The van der Waals surface area contributed by atoms with Crippen molar-refractivity contribution >= 4 is 36.3 Å². The van der Waals surface area contributed by atoms with Crippen LogP contribution in [0.15, 0.2) is 97.3 Å². The molecule has 0 aliphatic carbocycles. The van der Waals surface area contributed by atoms with Crippen LogP contribution in [-0.4, -0.2) is 58.3 Å². The molecule has 51 heavy (non-hydrogen) atoms. The number of ether oxygens (including phenoxy) is 4. The molecule has 5 aromatic rings. The number of hydrogen-bond donors (Lipinski definition) is 0. The minimum Gasteiger partial charge on any atom is -0.358 e. The zero-order chi connectivity index (χ0) is 36.1. The molecule has 7 rings (SSSR count). The Hall–Kier alpha value is -3.44. The predicted molar refractivity (Wildman–Crippen MR) is 204 cm³/mol. The second kappa shape index (κ2) is 13.8. The second-order valence-electron chi connectivity index (χ2n) is 15.3. The molecule has 0 bridgehead atoms. The normalized spacial score (nSPS) is 22.0. The van der Waals surface area contributed by atoms with E-state index in [0.29, 0.717) is 32.9 Å². The van der Waals surface area contributed by atoms with Gasteiger partial charge in [0.1, 0.15) is 43.8 Å². The molecule has 2 aromatic heterocycles. The van der Waals surface area contributed by atoms with Crippen molar-refractivity contribution in [1.29, 1.82) is 0 Å². The van der Waals surface area contributed by atoms with Crippen molar-refractivity contribution in [3.8, 4) is 0 Å². The molecule has 0 radical (unpaired) electrons. The fourth-order valence-corrected chi connectivity index (χ4v) is 15.9. The molecule has 0 N–H and O–H groups in total. The number of halogens is 1. The van der Waals surface area contributed by atoms with Crippen LogP contribution in [0.2, 0.25) is 21.8 Å². The summed E-state index contributed by atoms with van der Waals surface area (Å²) < 4.78 is 30.1. The van der Waals surface area contributed by atoms with Gasteiger partial charge in [-0.05, 0) is 47.2 Å². The lowest BCUT2D eigenvalue weighted by molar-refractivity contribution is -0.204. The average molecular weight is 725 g/mol. The third-order valence-electron chi connectivity index (χ3n) is 11.1. The zero-order valence-electron chi connectivity index (χ0n) is 30.8. The molecule has 8 nitrogen and oxygen atoms in total. The predicted octanol–water partition coefficient (Wildman–Crippen LogP) is 8.79. The fraction of sp³-hybridized carbons (Fsp3) is 0.439. The Morgan fingerprint density at radius 2 is 1.25 bits per heavy atom. The molecule has 2 saturated heterocycles. The van der Waals surface area contributed by atoms with Crippen LogP contribution in [0.3, 0.4) is 0 Å². The number of imidazole rings is 1. The number of nitrogens with zero attached hydrogens (tertiary/aromatic N) is 4. The number of fused-ring (bicyclic) bond motifs is 2. The smallest absolute Gasteiger partial charge is 0.166 e. The van der Waals surface area contributed by atoms with Crippen LogP contribution in [0, 0.1) is 0 Å². The number of benzene rings is 3. The molecule has 2 fully saturated rings. The summed E-state index contributed by atoms with van der Waals surface area (Å²) in [6.07, 6.45) is -0.420. The van der Waals surface area contributed by atoms with E-state index in [4.69, 9.17) is 40.5 Å². The van der Waals surface area contributed by atoms with E-state index in [0.717, 1.165) is 22.1 Å². The van der Waals surface area contributed by atoms with Gasteiger partial charge < -0.3 is 18.9 Å². The molecule has 2 aliphatic heterocycles. The van der Waals surface area contributed by atoms with Gasteiger partial charge in [-0.25, -0.2) is 15.0 Å². The SMILES string of the molecule is CC(C)[Si](c1nc2c(Cl)ncnc2n1[C@@H]1O[C@H](COC(c2ccccc2)(c2ccccc2)c2ccccc2)[C@H]2OC(C)(C)O[C@H]21)(C(C)C)C(C)C. The van der Waals surface area contributed by atoms with Crippen LogP contribution in [0.25, 0.3) is 11.2 Å². The maximum absolute atomic E-state index is 7.31. The van der Waals surface area contributed by atoms with Gasteiger partial charge in [0.05, 0.1) is 12.1 Å². The molecule has 2 aliphatic rings. The molecule has 3 aromatic carbocycles. The standard InChI is InChI=1S/C41H49ClN4O4Si/c1-26(2)51(27(3)4,28(5)6)39-45-33-36(42)43-25-44-37(33)46(39)38-35-34(49-40(7,8)50-35)32(48-38)24-47-41(29-18-12-9-13-19-29,30-20-14-10-15-21-30)31-22-16-11-17-23-31/h9-23,25-28,32,34-35,38H,24H2,1-8H3/t32-,34-,35-,38-/m1/s1. The molecule has 4 heterocycles. The van der Waals surface area contributed by atoms with Gasteiger partial charge in [-0.1, -0.05) is 144 Å². The highest BCUT2D eigenvalue weighted by Crippen LogP contribution is 2.48. The highest BCUT2D eigenvalue weighted by Gasteiger charge is 2.59. The third kappa shape index (κ3) is 5.96. The van der Waals surface area contributed by atoms with E-state index < -0.39 is 44.0 Å². The van der Waals surface area contributed by atoms with E-state index in [2.05, 4.69) is 124 Å².